The predicted molar refractivity (Wildman–Crippen MR) is 78.4 cm³/mol. The minimum absolute atomic E-state index is 0.0269. The number of hydrogen-bond acceptors (Lipinski definition) is 7. The Bertz CT molecular complexity index is 525. The van der Waals surface area contributed by atoms with E-state index in [1.165, 1.54) is 6.26 Å². The lowest BCUT2D eigenvalue weighted by Crippen LogP contribution is -2.38. The van der Waals surface area contributed by atoms with Crippen LogP contribution < -0.4 is 10.6 Å². The van der Waals surface area contributed by atoms with E-state index < -0.39 is 14.6 Å². The second kappa shape index (κ2) is 6.53. The van der Waals surface area contributed by atoms with Crippen molar-refractivity contribution in [3.63, 3.8) is 0 Å². The first-order chi connectivity index (χ1) is 9.17. The molecule has 116 valence electrons. The molecular formula is C12H24N4O3S. The molecular weight excluding hydrogens is 280 g/mol. The summed E-state index contributed by atoms with van der Waals surface area (Å²) in [5.74, 6) is 0.484. The van der Waals surface area contributed by atoms with Crippen LogP contribution in [0.2, 0.25) is 0 Å². The minimum Gasteiger partial charge on any atom is -0.406 e. The number of anilines is 1. The Kier molecular flexibility index (Phi) is 5.52. The molecule has 0 aliphatic carbocycles. The van der Waals surface area contributed by atoms with E-state index in [9.17, 15) is 8.42 Å². The molecule has 8 heteroatoms. The van der Waals surface area contributed by atoms with Gasteiger partial charge in [0.15, 0.2) is 9.84 Å². The molecule has 0 saturated heterocycles. The van der Waals surface area contributed by atoms with Gasteiger partial charge in [0.05, 0.1) is 10.8 Å². The van der Waals surface area contributed by atoms with E-state index in [0.717, 1.165) is 13.0 Å². The lowest BCUT2D eigenvalue weighted by molar-refractivity contribution is 0.422. The maximum Gasteiger partial charge on any atom is 0.315 e. The van der Waals surface area contributed by atoms with Gasteiger partial charge in [-0.2, -0.15) is 0 Å². The van der Waals surface area contributed by atoms with E-state index in [2.05, 4.69) is 27.8 Å². The third kappa shape index (κ3) is 4.45. The first-order valence-electron chi connectivity index (χ1n) is 6.67. The second-order valence-electron chi connectivity index (χ2n) is 5.51. The summed E-state index contributed by atoms with van der Waals surface area (Å²) < 4.78 is 27.7. The van der Waals surface area contributed by atoms with Gasteiger partial charge in [0.25, 0.3) is 0 Å². The summed E-state index contributed by atoms with van der Waals surface area (Å²) in [6, 6.07) is 0.211. The Morgan fingerprint density at radius 1 is 1.35 bits per heavy atom. The molecule has 2 N–H and O–H groups in total. The zero-order valence-corrected chi connectivity index (χ0v) is 13.5. The molecule has 1 aromatic rings. The lowest BCUT2D eigenvalue weighted by Gasteiger charge is -2.21. The highest BCUT2D eigenvalue weighted by Gasteiger charge is 2.30. The number of nitrogens with zero attached hydrogens (tertiary/aromatic N) is 2. The van der Waals surface area contributed by atoms with Crippen LogP contribution in [0.25, 0.3) is 0 Å². The van der Waals surface area contributed by atoms with Crippen molar-refractivity contribution in [1.29, 1.82) is 0 Å². The van der Waals surface area contributed by atoms with Gasteiger partial charge in [-0.05, 0) is 33.7 Å². The van der Waals surface area contributed by atoms with Gasteiger partial charge < -0.3 is 15.1 Å². The number of hydrogen-bond donors (Lipinski definition) is 2. The molecule has 1 rings (SSSR count). The lowest BCUT2D eigenvalue weighted by atomic mass is 10.2. The Balaban J connectivity index is 2.61. The van der Waals surface area contributed by atoms with Crippen molar-refractivity contribution in [2.24, 2.45) is 0 Å². The van der Waals surface area contributed by atoms with Crippen LogP contribution in [0.4, 0.5) is 6.01 Å². The Labute approximate surface area is 120 Å². The van der Waals surface area contributed by atoms with Crippen molar-refractivity contribution in [3.8, 4) is 0 Å². The molecule has 0 bridgehead atoms. The van der Waals surface area contributed by atoms with Crippen LogP contribution in [0, 0.1) is 0 Å². The summed E-state index contributed by atoms with van der Waals surface area (Å²) in [4.78, 5) is 0. The van der Waals surface area contributed by atoms with Gasteiger partial charge in [-0.25, -0.2) is 8.42 Å². The standard InChI is InChI=1S/C12H24N4O3S/c1-6-7-13-9(2)10-15-16-11(19-10)14-8-12(3,4)20(5,17)18/h9,13H,6-8H2,1-5H3,(H,14,16). The summed E-state index contributed by atoms with van der Waals surface area (Å²) in [7, 11) is -3.16. The van der Waals surface area contributed by atoms with Gasteiger partial charge in [0.1, 0.15) is 0 Å². The van der Waals surface area contributed by atoms with Gasteiger partial charge in [0.2, 0.25) is 5.89 Å². The summed E-state index contributed by atoms with van der Waals surface area (Å²) in [6.45, 7) is 8.40. The molecule has 7 nitrogen and oxygen atoms in total. The van der Waals surface area contributed by atoms with Gasteiger partial charge in [0, 0.05) is 12.8 Å². The minimum atomic E-state index is -3.16. The maximum absolute atomic E-state index is 11.6. The second-order valence-corrected chi connectivity index (χ2v) is 8.16. The fraction of sp³-hybridized carbons (Fsp3) is 0.833. The van der Waals surface area contributed by atoms with E-state index in [1.807, 2.05) is 6.92 Å². The smallest absolute Gasteiger partial charge is 0.315 e. The van der Waals surface area contributed by atoms with Gasteiger partial charge in [-0.3, -0.25) is 0 Å². The summed E-state index contributed by atoms with van der Waals surface area (Å²) >= 11 is 0. The molecule has 0 spiro atoms. The summed E-state index contributed by atoms with van der Waals surface area (Å²) in [6.07, 6.45) is 2.23. The normalized spacial score (nSPS) is 14.2. The van der Waals surface area contributed by atoms with Gasteiger partial charge in [-0.15, -0.1) is 5.10 Å². The highest BCUT2D eigenvalue weighted by atomic mass is 32.2. The SMILES string of the molecule is CCCNC(C)c1nnc(NCC(C)(C)S(C)(=O)=O)o1. The van der Waals surface area contributed by atoms with Gasteiger partial charge >= 0.3 is 6.01 Å². The molecule has 0 amide bonds. The molecule has 1 atom stereocenters. The van der Waals surface area contributed by atoms with Crippen molar-refractivity contribution in [2.75, 3.05) is 24.7 Å². The molecule has 0 fully saturated rings. The first-order valence-corrected chi connectivity index (χ1v) is 8.57. The zero-order chi connectivity index (χ0) is 15.4. The molecule has 0 saturated carbocycles. The largest absolute Gasteiger partial charge is 0.406 e. The third-order valence-corrected chi connectivity index (χ3v) is 5.33. The van der Waals surface area contributed by atoms with Crippen molar-refractivity contribution in [3.05, 3.63) is 5.89 Å². The monoisotopic (exact) mass is 304 g/mol. The van der Waals surface area contributed by atoms with Crippen LogP contribution in [0.3, 0.4) is 0 Å². The van der Waals surface area contributed by atoms with Crippen molar-refractivity contribution >= 4 is 15.9 Å². The molecule has 1 aromatic heterocycles. The number of rotatable bonds is 8. The van der Waals surface area contributed by atoms with Crippen LogP contribution in [0.1, 0.15) is 46.0 Å². The van der Waals surface area contributed by atoms with Gasteiger partial charge in [-0.1, -0.05) is 12.0 Å². The average molecular weight is 304 g/mol. The fourth-order valence-corrected chi connectivity index (χ4v) is 1.68. The molecule has 0 aliphatic heterocycles. The quantitative estimate of drug-likeness (QED) is 0.748. The van der Waals surface area contributed by atoms with Crippen LogP contribution in [0.15, 0.2) is 4.42 Å². The van der Waals surface area contributed by atoms with Crippen LogP contribution >= 0.6 is 0 Å². The van der Waals surface area contributed by atoms with Crippen molar-refractivity contribution < 1.29 is 12.8 Å². The maximum atomic E-state index is 11.6. The Hall–Kier alpha value is -1.15. The molecule has 0 aliphatic rings. The van der Waals surface area contributed by atoms with Crippen molar-refractivity contribution in [2.45, 2.75) is 44.9 Å². The van der Waals surface area contributed by atoms with Crippen LogP contribution in [-0.2, 0) is 9.84 Å². The highest BCUT2D eigenvalue weighted by molar-refractivity contribution is 7.92. The first kappa shape index (κ1) is 16.9. The molecule has 0 radical (unpaired) electrons. The third-order valence-electron chi connectivity index (χ3n) is 3.18. The van der Waals surface area contributed by atoms with E-state index in [4.69, 9.17) is 4.42 Å². The van der Waals surface area contributed by atoms with E-state index in [0.29, 0.717) is 5.89 Å². The van der Waals surface area contributed by atoms with E-state index >= 15 is 0 Å². The summed E-state index contributed by atoms with van der Waals surface area (Å²) in [5, 5.41) is 13.9. The predicted octanol–water partition coefficient (Wildman–Crippen LogP) is 1.37. The van der Waals surface area contributed by atoms with Crippen molar-refractivity contribution in [1.82, 2.24) is 15.5 Å². The number of sulfone groups is 1. The number of aromatic nitrogens is 2. The Morgan fingerprint density at radius 2 is 2.00 bits per heavy atom. The summed E-state index contributed by atoms with van der Waals surface area (Å²) in [5.41, 5.74) is 0. The topological polar surface area (TPSA) is 97.1 Å². The number of nitrogens with one attached hydrogen (secondary N) is 2. The van der Waals surface area contributed by atoms with E-state index in [-0.39, 0.29) is 18.6 Å². The molecule has 20 heavy (non-hydrogen) atoms. The highest BCUT2D eigenvalue weighted by Crippen LogP contribution is 2.18. The zero-order valence-electron chi connectivity index (χ0n) is 12.7. The molecule has 1 unspecified atom stereocenters. The average Bonchev–Trinajstić information content (AvgIpc) is 2.81. The van der Waals surface area contributed by atoms with E-state index in [1.54, 1.807) is 13.8 Å². The Morgan fingerprint density at radius 3 is 2.55 bits per heavy atom. The van der Waals surface area contributed by atoms with Crippen LogP contribution in [-0.4, -0.2) is 42.7 Å². The molecule has 1 heterocycles. The van der Waals surface area contributed by atoms with Crippen LogP contribution in [0.5, 0.6) is 0 Å². The fourth-order valence-electron chi connectivity index (χ4n) is 1.35. The molecule has 0 aromatic carbocycles.